The summed E-state index contributed by atoms with van der Waals surface area (Å²) in [6, 6.07) is 0. The summed E-state index contributed by atoms with van der Waals surface area (Å²) in [4.78, 5) is 0. The van der Waals surface area contributed by atoms with Crippen molar-refractivity contribution >= 4 is 15.1 Å². The Balaban J connectivity index is 3.44. The van der Waals surface area contributed by atoms with Gasteiger partial charge in [-0.05, 0) is 19.8 Å². The van der Waals surface area contributed by atoms with Crippen molar-refractivity contribution in [2.75, 3.05) is 19.8 Å². The molecule has 84 valence electrons. The first kappa shape index (κ1) is 14.4. The standard InChI is InChI=1S/2C4H9O.C2H5O.Al/c2*1-2-3-4-5;1-2-3;/h2*2-4H2,1H3;2H2,1H3;/q3*-1;+3. The Morgan fingerprint density at radius 1 is 0.786 bits per heavy atom. The highest BCUT2D eigenvalue weighted by Gasteiger charge is 2.29. The molecule has 14 heavy (non-hydrogen) atoms. The maximum Gasteiger partial charge on any atom is 0.905 e. The van der Waals surface area contributed by atoms with Crippen LogP contribution in [0.3, 0.4) is 0 Å². The fraction of sp³-hybridized carbons (Fsp3) is 1.00. The third-order valence-electron chi connectivity index (χ3n) is 1.81. The molecule has 0 saturated carbocycles. The highest BCUT2D eigenvalue weighted by molar-refractivity contribution is 6.36. The molecule has 0 fully saturated rings. The first-order valence-electron chi connectivity index (χ1n) is 5.69. The third-order valence-corrected chi connectivity index (χ3v) is 3.43. The maximum atomic E-state index is 5.56. The second-order valence-corrected chi connectivity index (χ2v) is 4.77. The molecule has 0 aromatic carbocycles. The summed E-state index contributed by atoms with van der Waals surface area (Å²) in [7, 11) is 0. The molecule has 0 aliphatic carbocycles. The van der Waals surface area contributed by atoms with Gasteiger partial charge in [0.05, 0.1) is 0 Å². The summed E-state index contributed by atoms with van der Waals surface area (Å²) in [6.45, 7) is 8.53. The molecule has 0 unspecified atom stereocenters. The maximum absolute atomic E-state index is 5.56. The smallest absolute Gasteiger partial charge is 0.455 e. The molecule has 0 spiro atoms. The van der Waals surface area contributed by atoms with Crippen molar-refractivity contribution in [3.05, 3.63) is 0 Å². The largest absolute Gasteiger partial charge is 0.905 e. The van der Waals surface area contributed by atoms with E-state index >= 15 is 0 Å². The van der Waals surface area contributed by atoms with Gasteiger partial charge in [-0.15, -0.1) is 0 Å². The molecule has 0 aliphatic rings. The van der Waals surface area contributed by atoms with E-state index in [9.17, 15) is 0 Å². The van der Waals surface area contributed by atoms with Crippen molar-refractivity contribution in [1.82, 2.24) is 0 Å². The van der Waals surface area contributed by atoms with Crippen LogP contribution in [0.1, 0.15) is 46.5 Å². The third kappa shape index (κ3) is 8.99. The molecular weight excluding hydrogens is 195 g/mol. The molecule has 0 heterocycles. The molecule has 0 aromatic heterocycles. The molecule has 0 atom stereocenters. The van der Waals surface area contributed by atoms with E-state index in [-0.39, 0.29) is 0 Å². The van der Waals surface area contributed by atoms with Crippen LogP contribution in [0.25, 0.3) is 0 Å². The van der Waals surface area contributed by atoms with Crippen molar-refractivity contribution in [2.45, 2.75) is 46.5 Å². The quantitative estimate of drug-likeness (QED) is 0.417. The van der Waals surface area contributed by atoms with Gasteiger partial charge in [0.2, 0.25) is 0 Å². The van der Waals surface area contributed by atoms with E-state index in [0.717, 1.165) is 38.9 Å². The molecular formula is C10H23AlO3. The summed E-state index contributed by atoms with van der Waals surface area (Å²) in [5.74, 6) is 0. The van der Waals surface area contributed by atoms with Gasteiger partial charge in [0, 0.05) is 19.8 Å². The van der Waals surface area contributed by atoms with Gasteiger partial charge in [0.15, 0.2) is 0 Å². The van der Waals surface area contributed by atoms with E-state index < -0.39 is 15.1 Å². The van der Waals surface area contributed by atoms with Crippen LogP contribution in [0.2, 0.25) is 0 Å². The highest BCUT2D eigenvalue weighted by atomic mass is 27.3. The molecule has 0 amide bonds. The zero-order chi connectivity index (χ0) is 10.6. The zero-order valence-electron chi connectivity index (χ0n) is 9.75. The van der Waals surface area contributed by atoms with E-state index in [1.54, 1.807) is 0 Å². The minimum atomic E-state index is -1.80. The summed E-state index contributed by atoms with van der Waals surface area (Å²) >= 11 is -1.80. The molecule has 0 saturated heterocycles. The van der Waals surface area contributed by atoms with E-state index in [2.05, 4.69) is 13.8 Å². The Kier molecular flexibility index (Phi) is 11.8. The normalized spacial score (nSPS) is 10.5. The van der Waals surface area contributed by atoms with Crippen LogP contribution in [0.15, 0.2) is 0 Å². The van der Waals surface area contributed by atoms with Gasteiger partial charge in [-0.2, -0.15) is 0 Å². The summed E-state index contributed by atoms with van der Waals surface area (Å²) in [6.07, 6.45) is 4.49. The summed E-state index contributed by atoms with van der Waals surface area (Å²) in [5, 5.41) is 0. The molecule has 0 bridgehead atoms. The minimum Gasteiger partial charge on any atom is -0.455 e. The lowest BCUT2D eigenvalue weighted by Crippen LogP contribution is -2.28. The lowest BCUT2D eigenvalue weighted by molar-refractivity contribution is 0.0952. The number of hydrogen-bond acceptors (Lipinski definition) is 3. The van der Waals surface area contributed by atoms with Crippen LogP contribution in [-0.2, 0) is 11.4 Å². The van der Waals surface area contributed by atoms with Gasteiger partial charge in [0.25, 0.3) is 0 Å². The van der Waals surface area contributed by atoms with Gasteiger partial charge in [0.1, 0.15) is 0 Å². The van der Waals surface area contributed by atoms with Crippen molar-refractivity contribution < 1.29 is 11.4 Å². The Hall–Kier alpha value is 0.412. The number of unbranched alkanes of at least 4 members (excludes halogenated alkanes) is 2. The van der Waals surface area contributed by atoms with Crippen molar-refractivity contribution in [2.24, 2.45) is 0 Å². The van der Waals surface area contributed by atoms with E-state index in [0.29, 0.717) is 6.61 Å². The Labute approximate surface area is 93.1 Å². The van der Waals surface area contributed by atoms with Crippen molar-refractivity contribution in [1.29, 1.82) is 0 Å². The second kappa shape index (κ2) is 11.5. The van der Waals surface area contributed by atoms with Gasteiger partial charge in [-0.3, -0.25) is 0 Å². The van der Waals surface area contributed by atoms with Gasteiger partial charge in [-0.1, -0.05) is 26.7 Å². The van der Waals surface area contributed by atoms with Crippen LogP contribution in [-0.4, -0.2) is 35.0 Å². The van der Waals surface area contributed by atoms with E-state index in [1.165, 1.54) is 0 Å². The topological polar surface area (TPSA) is 27.7 Å². The van der Waals surface area contributed by atoms with E-state index in [1.807, 2.05) is 6.92 Å². The van der Waals surface area contributed by atoms with Gasteiger partial charge >= 0.3 is 15.1 Å². The molecule has 0 rings (SSSR count). The van der Waals surface area contributed by atoms with Crippen molar-refractivity contribution in [3.8, 4) is 0 Å². The molecule has 0 radical (unpaired) electrons. The van der Waals surface area contributed by atoms with Crippen LogP contribution < -0.4 is 0 Å². The molecule has 0 N–H and O–H groups in total. The first-order chi connectivity index (χ1) is 6.85. The van der Waals surface area contributed by atoms with E-state index in [4.69, 9.17) is 11.4 Å². The van der Waals surface area contributed by atoms with Crippen LogP contribution in [0.4, 0.5) is 0 Å². The Bertz CT molecular complexity index is 102. The van der Waals surface area contributed by atoms with Crippen molar-refractivity contribution in [3.63, 3.8) is 0 Å². The average molecular weight is 218 g/mol. The number of hydrogen-bond donors (Lipinski definition) is 0. The average Bonchev–Trinajstić information content (AvgIpc) is 2.18. The highest BCUT2D eigenvalue weighted by Crippen LogP contribution is 1.98. The Morgan fingerprint density at radius 3 is 1.64 bits per heavy atom. The van der Waals surface area contributed by atoms with Crippen LogP contribution in [0, 0.1) is 0 Å². The predicted octanol–water partition coefficient (Wildman–Crippen LogP) is 2.64. The monoisotopic (exact) mass is 218 g/mol. The second-order valence-electron chi connectivity index (χ2n) is 3.19. The molecule has 3 nitrogen and oxygen atoms in total. The van der Waals surface area contributed by atoms with Gasteiger partial charge in [-0.25, -0.2) is 0 Å². The predicted molar refractivity (Wildman–Crippen MR) is 59.1 cm³/mol. The fourth-order valence-electron chi connectivity index (χ4n) is 0.928. The number of rotatable bonds is 10. The van der Waals surface area contributed by atoms with Gasteiger partial charge < -0.3 is 11.4 Å². The Morgan fingerprint density at radius 2 is 1.29 bits per heavy atom. The zero-order valence-corrected chi connectivity index (χ0v) is 10.9. The summed E-state index contributed by atoms with van der Waals surface area (Å²) < 4.78 is 16.6. The first-order valence-corrected chi connectivity index (χ1v) is 7.11. The molecule has 0 aliphatic heterocycles. The minimum absolute atomic E-state index is 0.690. The van der Waals surface area contributed by atoms with Crippen LogP contribution >= 0.6 is 0 Å². The lowest BCUT2D eigenvalue weighted by Gasteiger charge is -2.11. The summed E-state index contributed by atoms with van der Waals surface area (Å²) in [5.41, 5.74) is 0. The van der Waals surface area contributed by atoms with Crippen LogP contribution in [0.5, 0.6) is 0 Å². The molecule has 0 aromatic rings. The fourth-order valence-corrected chi connectivity index (χ4v) is 2.21. The lowest BCUT2D eigenvalue weighted by atomic mass is 10.4. The SMILES string of the molecule is CCCC[O][Al]([O]CC)[O]CCCC. The molecule has 4 heteroatoms.